The van der Waals surface area contributed by atoms with Crippen LogP contribution in [0.5, 0.6) is 0 Å². The van der Waals surface area contributed by atoms with Crippen molar-refractivity contribution in [2.45, 2.75) is 13.5 Å². The topological polar surface area (TPSA) is 18.8 Å². The molecular formula is C25H27N3. The average Bonchev–Trinajstić information content (AvgIpc) is 2.74. The Morgan fingerprint density at radius 3 is 2.39 bits per heavy atom. The van der Waals surface area contributed by atoms with E-state index in [1.807, 2.05) is 12.3 Å². The first-order valence-corrected chi connectivity index (χ1v) is 9.99. The van der Waals surface area contributed by atoms with Crippen LogP contribution in [0.25, 0.3) is 16.8 Å². The Kier molecular flexibility index (Phi) is 5.83. The lowest BCUT2D eigenvalue weighted by atomic mass is 10.0. The van der Waals surface area contributed by atoms with Crippen LogP contribution in [0.15, 0.2) is 83.5 Å². The molecule has 1 aliphatic heterocycles. The Morgan fingerprint density at radius 1 is 0.857 bits per heavy atom. The zero-order valence-corrected chi connectivity index (χ0v) is 16.5. The fourth-order valence-electron chi connectivity index (χ4n) is 3.70. The minimum Gasteiger partial charge on any atom is -0.295 e. The molecule has 0 amide bonds. The summed E-state index contributed by atoms with van der Waals surface area (Å²) in [5.41, 5.74) is 3.80. The molecule has 1 fully saturated rings. The van der Waals surface area contributed by atoms with Gasteiger partial charge in [0.25, 0.3) is 0 Å². The Bertz CT molecular complexity index is 962. The Hall–Kier alpha value is -2.91. The van der Waals surface area contributed by atoms with Crippen LogP contribution in [0.2, 0.25) is 0 Å². The molecule has 3 aromatic carbocycles. The lowest BCUT2D eigenvalue weighted by Gasteiger charge is -2.33. The van der Waals surface area contributed by atoms with E-state index in [1.165, 1.54) is 27.5 Å². The van der Waals surface area contributed by atoms with Gasteiger partial charge in [-0.25, -0.2) is 0 Å². The molecule has 0 aromatic heterocycles. The molecule has 0 bridgehead atoms. The summed E-state index contributed by atoms with van der Waals surface area (Å²) in [5, 5.41) is 9.56. The van der Waals surface area contributed by atoms with Crippen molar-refractivity contribution in [3.8, 4) is 0 Å². The molecule has 0 unspecified atom stereocenters. The summed E-state index contributed by atoms with van der Waals surface area (Å²) in [6.45, 7) is 7.14. The van der Waals surface area contributed by atoms with Crippen molar-refractivity contribution >= 4 is 23.1 Å². The molecule has 0 radical (unpaired) electrons. The maximum atomic E-state index is 4.68. The van der Waals surface area contributed by atoms with Crippen molar-refractivity contribution in [1.82, 2.24) is 9.91 Å². The summed E-state index contributed by atoms with van der Waals surface area (Å²) in [4.78, 5) is 2.53. The van der Waals surface area contributed by atoms with Crippen LogP contribution in [-0.2, 0) is 6.54 Å². The SMILES string of the molecule is CC(=C/c1ccccc1)/C=N/N1CCN(Cc2cccc3ccccc23)CC1. The van der Waals surface area contributed by atoms with Gasteiger partial charge in [-0.3, -0.25) is 9.91 Å². The molecule has 0 saturated carbocycles. The third-order valence-electron chi connectivity index (χ3n) is 5.24. The highest BCUT2D eigenvalue weighted by Crippen LogP contribution is 2.20. The van der Waals surface area contributed by atoms with Crippen LogP contribution in [-0.4, -0.2) is 42.3 Å². The molecule has 1 heterocycles. The maximum absolute atomic E-state index is 4.68. The van der Waals surface area contributed by atoms with Crippen molar-refractivity contribution in [3.05, 3.63) is 89.5 Å². The van der Waals surface area contributed by atoms with E-state index in [-0.39, 0.29) is 0 Å². The second-order valence-corrected chi connectivity index (χ2v) is 7.41. The normalized spacial score (nSPS) is 16.2. The first-order valence-electron chi connectivity index (χ1n) is 9.99. The van der Waals surface area contributed by atoms with E-state index >= 15 is 0 Å². The molecule has 0 atom stereocenters. The van der Waals surface area contributed by atoms with E-state index in [4.69, 9.17) is 0 Å². The van der Waals surface area contributed by atoms with Crippen LogP contribution >= 0.6 is 0 Å². The summed E-state index contributed by atoms with van der Waals surface area (Å²) >= 11 is 0. The molecule has 0 spiro atoms. The standard InChI is InChI=1S/C25H27N3/c1-21(18-22-8-3-2-4-9-22)19-26-28-16-14-27(15-17-28)20-24-12-7-11-23-10-5-6-13-25(23)24/h2-13,18-19H,14-17,20H2,1H3/b21-18-,26-19+. The van der Waals surface area contributed by atoms with Crippen LogP contribution in [0.3, 0.4) is 0 Å². The van der Waals surface area contributed by atoms with Crippen molar-refractivity contribution < 1.29 is 0 Å². The van der Waals surface area contributed by atoms with Gasteiger partial charge in [0, 0.05) is 38.9 Å². The molecule has 0 aliphatic carbocycles. The van der Waals surface area contributed by atoms with Crippen LogP contribution < -0.4 is 0 Å². The molecule has 0 N–H and O–H groups in total. The number of rotatable bonds is 5. The summed E-state index contributed by atoms with van der Waals surface area (Å²) < 4.78 is 0. The van der Waals surface area contributed by atoms with E-state index < -0.39 is 0 Å². The molecule has 3 aromatic rings. The zero-order chi connectivity index (χ0) is 19.2. The van der Waals surface area contributed by atoms with Gasteiger partial charge in [-0.2, -0.15) is 5.10 Å². The van der Waals surface area contributed by atoms with Crippen molar-refractivity contribution in [3.63, 3.8) is 0 Å². The minimum absolute atomic E-state index is 0.972. The fraction of sp³-hybridized carbons (Fsp3) is 0.240. The maximum Gasteiger partial charge on any atom is 0.0499 e. The summed E-state index contributed by atoms with van der Waals surface area (Å²) in [7, 11) is 0. The minimum atomic E-state index is 0.972. The lowest BCUT2D eigenvalue weighted by molar-refractivity contribution is 0.131. The molecule has 3 heteroatoms. The van der Waals surface area contributed by atoms with Gasteiger partial charge in [-0.15, -0.1) is 0 Å². The average molecular weight is 370 g/mol. The highest BCUT2D eigenvalue weighted by Gasteiger charge is 2.16. The third kappa shape index (κ3) is 4.68. The zero-order valence-electron chi connectivity index (χ0n) is 16.5. The van der Waals surface area contributed by atoms with Gasteiger partial charge in [-0.05, 0) is 34.4 Å². The molecule has 1 aliphatic rings. The number of hydrogen-bond donors (Lipinski definition) is 0. The molecule has 142 valence electrons. The quantitative estimate of drug-likeness (QED) is 0.586. The van der Waals surface area contributed by atoms with Gasteiger partial charge < -0.3 is 0 Å². The largest absolute Gasteiger partial charge is 0.295 e. The Labute approximate surface area is 167 Å². The molecular weight excluding hydrogens is 342 g/mol. The van der Waals surface area contributed by atoms with Gasteiger partial charge in [0.05, 0.1) is 0 Å². The Morgan fingerprint density at radius 2 is 1.57 bits per heavy atom. The first kappa shape index (κ1) is 18.5. The number of nitrogens with zero attached hydrogens (tertiary/aromatic N) is 3. The van der Waals surface area contributed by atoms with Crippen LogP contribution in [0.4, 0.5) is 0 Å². The van der Waals surface area contributed by atoms with E-state index in [2.05, 4.69) is 94.7 Å². The summed E-state index contributed by atoms with van der Waals surface area (Å²) in [5.74, 6) is 0. The summed E-state index contributed by atoms with van der Waals surface area (Å²) in [6, 6.07) is 25.7. The van der Waals surface area contributed by atoms with Gasteiger partial charge in [0.1, 0.15) is 0 Å². The van der Waals surface area contributed by atoms with Crippen LogP contribution in [0.1, 0.15) is 18.1 Å². The second kappa shape index (κ2) is 8.85. The molecule has 3 nitrogen and oxygen atoms in total. The van der Waals surface area contributed by atoms with Crippen LogP contribution in [0, 0.1) is 0 Å². The van der Waals surface area contributed by atoms with Gasteiger partial charge >= 0.3 is 0 Å². The molecule has 28 heavy (non-hydrogen) atoms. The highest BCUT2D eigenvalue weighted by molar-refractivity contribution is 5.85. The highest BCUT2D eigenvalue weighted by atomic mass is 15.5. The van der Waals surface area contributed by atoms with Gasteiger partial charge in [-0.1, -0.05) is 78.9 Å². The van der Waals surface area contributed by atoms with E-state index in [0.29, 0.717) is 0 Å². The fourth-order valence-corrected chi connectivity index (χ4v) is 3.70. The lowest BCUT2D eigenvalue weighted by Crippen LogP contribution is -2.43. The van der Waals surface area contributed by atoms with Gasteiger partial charge in [0.2, 0.25) is 0 Å². The van der Waals surface area contributed by atoms with Crippen molar-refractivity contribution in [2.75, 3.05) is 26.2 Å². The first-order chi connectivity index (χ1) is 13.8. The van der Waals surface area contributed by atoms with Gasteiger partial charge in [0.15, 0.2) is 0 Å². The van der Waals surface area contributed by atoms with E-state index in [9.17, 15) is 0 Å². The number of fused-ring (bicyclic) bond motifs is 1. The number of piperazine rings is 1. The molecule has 4 rings (SSSR count). The smallest absolute Gasteiger partial charge is 0.0499 e. The monoisotopic (exact) mass is 369 g/mol. The summed E-state index contributed by atoms with van der Waals surface area (Å²) in [6.07, 6.45) is 4.15. The predicted molar refractivity (Wildman–Crippen MR) is 119 cm³/mol. The number of allylic oxidation sites excluding steroid dienone is 1. The predicted octanol–water partition coefficient (Wildman–Crippen LogP) is 5.05. The second-order valence-electron chi connectivity index (χ2n) is 7.41. The third-order valence-corrected chi connectivity index (χ3v) is 5.24. The van der Waals surface area contributed by atoms with E-state index in [0.717, 1.165) is 32.7 Å². The molecule has 1 saturated heterocycles. The number of hydrazone groups is 1. The van der Waals surface area contributed by atoms with Crippen molar-refractivity contribution in [2.24, 2.45) is 5.10 Å². The number of benzene rings is 3. The van der Waals surface area contributed by atoms with Crippen molar-refractivity contribution in [1.29, 1.82) is 0 Å². The number of hydrogen-bond acceptors (Lipinski definition) is 3. The van der Waals surface area contributed by atoms with E-state index in [1.54, 1.807) is 0 Å². The Balaban J connectivity index is 1.33.